The third-order valence-electron chi connectivity index (χ3n) is 4.25. The van der Waals surface area contributed by atoms with Crippen LogP contribution in [0.15, 0.2) is 23.1 Å². The molecule has 1 aliphatic heterocycles. The maximum absolute atomic E-state index is 13.0. The van der Waals surface area contributed by atoms with Crippen LogP contribution >= 0.6 is 0 Å². The first-order valence-corrected chi connectivity index (χ1v) is 9.12. The highest BCUT2D eigenvalue weighted by molar-refractivity contribution is 7.89. The molecule has 0 amide bonds. The van der Waals surface area contributed by atoms with E-state index in [4.69, 9.17) is 0 Å². The lowest BCUT2D eigenvalue weighted by Gasteiger charge is -2.36. The van der Waals surface area contributed by atoms with E-state index in [1.807, 2.05) is 0 Å². The standard InChI is InChI=1S/C16H23NO5S/c1-11-7-8-13(16(19)22-3)10-15(11)23(20,21)17-9-5-4-6-14(17)12(2)18/h7-8,10,12,14,18H,4-6,9H2,1-3H3/t12-,14+/m0/s1. The number of carbonyl (C=O) groups is 1. The number of hydrogen-bond acceptors (Lipinski definition) is 5. The molecular weight excluding hydrogens is 318 g/mol. The van der Waals surface area contributed by atoms with E-state index in [2.05, 4.69) is 4.74 Å². The van der Waals surface area contributed by atoms with Crippen LogP contribution in [0, 0.1) is 6.92 Å². The summed E-state index contributed by atoms with van der Waals surface area (Å²) in [6, 6.07) is 4.06. The molecule has 0 aromatic heterocycles. The van der Waals surface area contributed by atoms with Gasteiger partial charge in [-0.05, 0) is 44.4 Å². The molecule has 2 rings (SSSR count). The summed E-state index contributed by atoms with van der Waals surface area (Å²) in [4.78, 5) is 11.8. The summed E-state index contributed by atoms with van der Waals surface area (Å²) < 4.78 is 32.1. The number of hydrogen-bond donors (Lipinski definition) is 1. The van der Waals surface area contributed by atoms with Crippen LogP contribution in [0.4, 0.5) is 0 Å². The number of rotatable bonds is 4. The summed E-state index contributed by atoms with van der Waals surface area (Å²) in [5, 5.41) is 9.93. The summed E-state index contributed by atoms with van der Waals surface area (Å²) >= 11 is 0. The van der Waals surface area contributed by atoms with Crippen molar-refractivity contribution in [2.45, 2.75) is 50.2 Å². The van der Waals surface area contributed by atoms with Crippen LogP contribution in [0.1, 0.15) is 42.1 Å². The Bertz CT molecular complexity index is 684. The number of aliphatic hydroxyl groups is 1. The van der Waals surface area contributed by atoms with Gasteiger partial charge < -0.3 is 9.84 Å². The second-order valence-corrected chi connectivity index (χ2v) is 7.75. The van der Waals surface area contributed by atoms with Crippen molar-refractivity contribution < 1.29 is 23.1 Å². The second kappa shape index (κ2) is 6.98. The molecule has 1 aromatic rings. The molecule has 1 aromatic carbocycles. The molecule has 1 N–H and O–H groups in total. The van der Waals surface area contributed by atoms with Crippen molar-refractivity contribution in [2.75, 3.05) is 13.7 Å². The largest absolute Gasteiger partial charge is 0.465 e. The smallest absolute Gasteiger partial charge is 0.337 e. The molecule has 1 aliphatic rings. The van der Waals surface area contributed by atoms with Gasteiger partial charge in [-0.1, -0.05) is 12.5 Å². The molecule has 128 valence electrons. The van der Waals surface area contributed by atoms with Crippen molar-refractivity contribution in [1.82, 2.24) is 4.31 Å². The fraction of sp³-hybridized carbons (Fsp3) is 0.562. The number of aryl methyl sites for hydroxylation is 1. The summed E-state index contributed by atoms with van der Waals surface area (Å²) in [5.74, 6) is -0.577. The zero-order valence-electron chi connectivity index (χ0n) is 13.7. The third-order valence-corrected chi connectivity index (χ3v) is 6.32. The van der Waals surface area contributed by atoms with Crippen LogP contribution in [0.2, 0.25) is 0 Å². The molecule has 0 spiro atoms. The van der Waals surface area contributed by atoms with Gasteiger partial charge in [-0.2, -0.15) is 4.31 Å². The average Bonchev–Trinajstić information content (AvgIpc) is 2.54. The Kier molecular flexibility index (Phi) is 5.44. The maximum atomic E-state index is 13.0. The van der Waals surface area contributed by atoms with Gasteiger partial charge >= 0.3 is 5.97 Å². The number of carbonyl (C=O) groups excluding carboxylic acids is 1. The Morgan fingerprint density at radius 3 is 2.70 bits per heavy atom. The second-order valence-electron chi connectivity index (χ2n) is 5.89. The maximum Gasteiger partial charge on any atom is 0.337 e. The van der Waals surface area contributed by atoms with Gasteiger partial charge in [0.1, 0.15) is 0 Å². The van der Waals surface area contributed by atoms with Crippen molar-refractivity contribution in [3.05, 3.63) is 29.3 Å². The first-order chi connectivity index (χ1) is 10.8. The quantitative estimate of drug-likeness (QED) is 0.843. The van der Waals surface area contributed by atoms with Crippen LogP contribution < -0.4 is 0 Å². The predicted molar refractivity (Wildman–Crippen MR) is 85.7 cm³/mol. The highest BCUT2D eigenvalue weighted by atomic mass is 32.2. The van der Waals surface area contributed by atoms with Crippen LogP contribution in [-0.4, -0.2) is 49.6 Å². The highest BCUT2D eigenvalue weighted by Crippen LogP contribution is 2.29. The van der Waals surface area contributed by atoms with E-state index in [9.17, 15) is 18.3 Å². The van der Waals surface area contributed by atoms with Gasteiger partial charge in [-0.15, -0.1) is 0 Å². The SMILES string of the molecule is COC(=O)c1ccc(C)c(S(=O)(=O)N2CCCC[C@@H]2[C@H](C)O)c1. The lowest BCUT2D eigenvalue weighted by molar-refractivity contribution is 0.0600. The Labute approximate surface area is 137 Å². The van der Waals surface area contributed by atoms with E-state index in [0.717, 1.165) is 12.8 Å². The first-order valence-electron chi connectivity index (χ1n) is 7.68. The molecule has 2 atom stereocenters. The van der Waals surface area contributed by atoms with Crippen molar-refractivity contribution in [3.8, 4) is 0 Å². The summed E-state index contributed by atoms with van der Waals surface area (Å²) in [6.45, 7) is 3.67. The van der Waals surface area contributed by atoms with Crippen molar-refractivity contribution >= 4 is 16.0 Å². The van der Waals surface area contributed by atoms with E-state index in [0.29, 0.717) is 18.5 Å². The number of benzene rings is 1. The van der Waals surface area contributed by atoms with E-state index in [1.54, 1.807) is 26.0 Å². The van der Waals surface area contributed by atoms with Crippen molar-refractivity contribution in [2.24, 2.45) is 0 Å². The zero-order chi connectivity index (χ0) is 17.2. The minimum absolute atomic E-state index is 0.0907. The number of piperidine rings is 1. The lowest BCUT2D eigenvalue weighted by atomic mass is 10.0. The lowest BCUT2D eigenvalue weighted by Crippen LogP contribution is -2.48. The van der Waals surface area contributed by atoms with Gasteiger partial charge in [0.25, 0.3) is 0 Å². The summed E-state index contributed by atoms with van der Waals surface area (Å²) in [7, 11) is -2.53. The third kappa shape index (κ3) is 3.57. The monoisotopic (exact) mass is 341 g/mol. The van der Waals surface area contributed by atoms with Crippen LogP contribution in [0.25, 0.3) is 0 Å². The number of ether oxygens (including phenoxy) is 1. The van der Waals surface area contributed by atoms with Crippen LogP contribution in [0.3, 0.4) is 0 Å². The molecule has 1 saturated heterocycles. The van der Waals surface area contributed by atoms with Gasteiger partial charge in [-0.3, -0.25) is 0 Å². The zero-order valence-corrected chi connectivity index (χ0v) is 14.5. The average molecular weight is 341 g/mol. The molecule has 0 bridgehead atoms. The van der Waals surface area contributed by atoms with E-state index < -0.39 is 28.1 Å². The number of sulfonamides is 1. The number of esters is 1. The summed E-state index contributed by atoms with van der Waals surface area (Å²) in [6.07, 6.45) is 1.54. The molecule has 6 nitrogen and oxygen atoms in total. The van der Waals surface area contributed by atoms with Gasteiger partial charge in [0.2, 0.25) is 10.0 Å². The number of methoxy groups -OCH3 is 1. The molecule has 0 radical (unpaired) electrons. The first kappa shape index (κ1) is 17.9. The van der Waals surface area contributed by atoms with E-state index >= 15 is 0 Å². The summed E-state index contributed by atoms with van der Waals surface area (Å²) in [5.41, 5.74) is 0.759. The van der Waals surface area contributed by atoms with Crippen molar-refractivity contribution in [3.63, 3.8) is 0 Å². The normalized spacial score (nSPS) is 21.0. The Morgan fingerprint density at radius 1 is 1.39 bits per heavy atom. The molecule has 23 heavy (non-hydrogen) atoms. The Hall–Kier alpha value is -1.44. The highest BCUT2D eigenvalue weighted by Gasteiger charge is 2.36. The fourth-order valence-electron chi connectivity index (χ4n) is 2.96. The molecule has 7 heteroatoms. The minimum Gasteiger partial charge on any atom is -0.465 e. The number of nitrogens with zero attached hydrogens (tertiary/aromatic N) is 1. The molecule has 1 fully saturated rings. The number of aliphatic hydroxyl groups excluding tert-OH is 1. The van der Waals surface area contributed by atoms with Gasteiger partial charge in [0.15, 0.2) is 0 Å². The molecular formula is C16H23NO5S. The molecule has 0 unspecified atom stereocenters. The van der Waals surface area contributed by atoms with E-state index in [-0.39, 0.29) is 10.5 Å². The predicted octanol–water partition coefficient (Wildman–Crippen LogP) is 1.71. The van der Waals surface area contributed by atoms with Crippen LogP contribution in [0.5, 0.6) is 0 Å². The van der Waals surface area contributed by atoms with Gasteiger partial charge in [-0.25, -0.2) is 13.2 Å². The van der Waals surface area contributed by atoms with E-state index in [1.165, 1.54) is 17.5 Å². The molecule has 1 heterocycles. The van der Waals surface area contributed by atoms with Gasteiger partial charge in [0, 0.05) is 6.54 Å². The van der Waals surface area contributed by atoms with Crippen molar-refractivity contribution in [1.29, 1.82) is 0 Å². The minimum atomic E-state index is -3.79. The molecule has 0 saturated carbocycles. The Morgan fingerprint density at radius 2 is 2.09 bits per heavy atom. The Balaban J connectivity index is 2.48. The topological polar surface area (TPSA) is 83.9 Å². The van der Waals surface area contributed by atoms with Gasteiger partial charge in [0.05, 0.1) is 29.7 Å². The fourth-order valence-corrected chi connectivity index (χ4v) is 4.97. The molecule has 0 aliphatic carbocycles. The van der Waals surface area contributed by atoms with Crippen LogP contribution in [-0.2, 0) is 14.8 Å².